The molecule has 0 aliphatic heterocycles. The van der Waals surface area contributed by atoms with E-state index in [1.807, 2.05) is 12.1 Å². The van der Waals surface area contributed by atoms with E-state index >= 15 is 0 Å². The van der Waals surface area contributed by atoms with Crippen molar-refractivity contribution >= 4 is 21.7 Å². The molecule has 0 spiro atoms. The molecule has 0 radical (unpaired) electrons. The quantitative estimate of drug-likeness (QED) is 0.144. The first kappa shape index (κ1) is 36.8. The van der Waals surface area contributed by atoms with Crippen LogP contribution in [0, 0.1) is 0 Å². The van der Waals surface area contributed by atoms with Gasteiger partial charge >= 0.3 is 0 Å². The highest BCUT2D eigenvalue weighted by atomic mass is 14.9. The van der Waals surface area contributed by atoms with Crippen LogP contribution in [0.4, 0.5) is 0 Å². The van der Waals surface area contributed by atoms with Crippen LogP contribution in [0.2, 0.25) is 0 Å². The lowest BCUT2D eigenvalue weighted by atomic mass is 9.92. The van der Waals surface area contributed by atoms with Crippen molar-refractivity contribution in [1.82, 2.24) is 15.0 Å². The van der Waals surface area contributed by atoms with Gasteiger partial charge in [0.15, 0.2) is 5.82 Å². The van der Waals surface area contributed by atoms with Crippen LogP contribution in [-0.2, 0) is 0 Å². The molecule has 2 aromatic heterocycles. The first-order valence-corrected chi connectivity index (χ1v) is 21.0. The second-order valence-electron chi connectivity index (χ2n) is 15.6. The average molecular weight is 790 g/mol. The van der Waals surface area contributed by atoms with Crippen molar-refractivity contribution in [2.45, 2.75) is 0 Å². The van der Waals surface area contributed by atoms with Crippen molar-refractivity contribution in [1.29, 1.82) is 0 Å². The molecule has 0 saturated heterocycles. The number of benzene rings is 9. The normalized spacial score (nSPS) is 11.2. The minimum Gasteiger partial charge on any atom is -0.247 e. The summed E-state index contributed by atoms with van der Waals surface area (Å²) in [6.07, 6.45) is 0. The fourth-order valence-electron chi connectivity index (χ4n) is 8.55. The Hall–Kier alpha value is -8.27. The summed E-state index contributed by atoms with van der Waals surface area (Å²) in [5.74, 6) is 0.680. The van der Waals surface area contributed by atoms with Crippen LogP contribution >= 0.6 is 0 Å². The Morgan fingerprint density at radius 3 is 1.32 bits per heavy atom. The Morgan fingerprint density at radius 2 is 0.694 bits per heavy atom. The molecule has 62 heavy (non-hydrogen) atoms. The first-order valence-electron chi connectivity index (χ1n) is 21.0. The van der Waals surface area contributed by atoms with E-state index in [0.29, 0.717) is 5.82 Å². The predicted octanol–water partition coefficient (Wildman–Crippen LogP) is 15.5. The van der Waals surface area contributed by atoms with Crippen molar-refractivity contribution in [3.63, 3.8) is 0 Å². The Balaban J connectivity index is 1.03. The number of pyridine rings is 1. The summed E-state index contributed by atoms with van der Waals surface area (Å²) >= 11 is 0. The van der Waals surface area contributed by atoms with Gasteiger partial charge in [-0.3, -0.25) is 0 Å². The van der Waals surface area contributed by atoms with E-state index in [0.717, 1.165) is 77.9 Å². The predicted molar refractivity (Wildman–Crippen MR) is 258 cm³/mol. The van der Waals surface area contributed by atoms with Gasteiger partial charge in [-0.1, -0.05) is 218 Å². The summed E-state index contributed by atoms with van der Waals surface area (Å²) in [5.41, 5.74) is 17.0. The molecule has 9 aromatic carbocycles. The maximum atomic E-state index is 5.40. The molecule has 0 atom stereocenters. The van der Waals surface area contributed by atoms with Gasteiger partial charge in [-0.2, -0.15) is 0 Å². The van der Waals surface area contributed by atoms with Crippen molar-refractivity contribution in [2.75, 3.05) is 0 Å². The fraction of sp³-hybridized carbons (Fsp3) is 0. The van der Waals surface area contributed by atoms with Gasteiger partial charge in [0.05, 0.1) is 22.6 Å². The zero-order valence-corrected chi connectivity index (χ0v) is 33.9. The van der Waals surface area contributed by atoms with Gasteiger partial charge in [0.2, 0.25) is 0 Å². The van der Waals surface area contributed by atoms with Crippen LogP contribution in [0.1, 0.15) is 0 Å². The Morgan fingerprint density at radius 1 is 0.242 bits per heavy atom. The highest BCUT2D eigenvalue weighted by molar-refractivity contribution is 6.17. The minimum absolute atomic E-state index is 0.680. The minimum atomic E-state index is 0.680. The lowest BCUT2D eigenvalue weighted by Gasteiger charge is -2.15. The molecule has 0 fully saturated rings. The number of hydrogen-bond acceptors (Lipinski definition) is 3. The smallest absolute Gasteiger partial charge is 0.160 e. The maximum absolute atomic E-state index is 5.40. The molecule has 11 rings (SSSR count). The summed E-state index contributed by atoms with van der Waals surface area (Å²) in [7, 11) is 0. The number of fused-ring (bicyclic) bond motifs is 3. The first-order chi connectivity index (χ1) is 30.7. The lowest BCUT2D eigenvalue weighted by Crippen LogP contribution is -1.96. The average Bonchev–Trinajstić information content (AvgIpc) is 3.37. The molecular weight excluding hydrogens is 751 g/mol. The van der Waals surface area contributed by atoms with Gasteiger partial charge in [0, 0.05) is 38.4 Å². The van der Waals surface area contributed by atoms with Gasteiger partial charge in [-0.15, -0.1) is 0 Å². The van der Waals surface area contributed by atoms with Crippen LogP contribution in [0.5, 0.6) is 0 Å². The summed E-state index contributed by atoms with van der Waals surface area (Å²) in [6, 6.07) is 83.4. The second kappa shape index (κ2) is 16.1. The van der Waals surface area contributed by atoms with E-state index in [9.17, 15) is 0 Å². The van der Waals surface area contributed by atoms with Crippen molar-refractivity contribution in [3.8, 4) is 89.7 Å². The standard InChI is InChI=1S/C59H39N3/c1-5-15-40(16-6-1)42-27-31-45(32-28-42)54-39-55(62-59(61-54)47-33-29-43(30-34-47)41-17-7-2-8-18-41)50-24-13-23-48(37-50)49-35-36-52-56(38-49)60-58(46-21-11-4-12-22-46)53-26-14-25-51(57(52)53)44-19-9-3-10-20-44/h1-39H. The third-order valence-corrected chi connectivity index (χ3v) is 11.7. The monoisotopic (exact) mass is 789 g/mol. The van der Waals surface area contributed by atoms with Crippen molar-refractivity contribution < 1.29 is 0 Å². The molecule has 0 aliphatic rings. The van der Waals surface area contributed by atoms with Crippen LogP contribution in [0.25, 0.3) is 111 Å². The molecule has 0 aliphatic carbocycles. The molecule has 290 valence electrons. The number of nitrogens with zero attached hydrogens (tertiary/aromatic N) is 3. The third-order valence-electron chi connectivity index (χ3n) is 11.7. The number of aromatic nitrogens is 3. The molecule has 0 saturated carbocycles. The van der Waals surface area contributed by atoms with E-state index in [1.54, 1.807) is 0 Å². The molecule has 0 N–H and O–H groups in total. The zero-order chi connectivity index (χ0) is 41.2. The van der Waals surface area contributed by atoms with E-state index in [-0.39, 0.29) is 0 Å². The summed E-state index contributed by atoms with van der Waals surface area (Å²) in [6.45, 7) is 0. The molecule has 0 unspecified atom stereocenters. The summed E-state index contributed by atoms with van der Waals surface area (Å²) in [5, 5.41) is 3.47. The topological polar surface area (TPSA) is 38.7 Å². The zero-order valence-electron chi connectivity index (χ0n) is 33.9. The fourth-order valence-corrected chi connectivity index (χ4v) is 8.55. The molecule has 3 nitrogen and oxygen atoms in total. The highest BCUT2D eigenvalue weighted by Crippen LogP contribution is 2.40. The van der Waals surface area contributed by atoms with E-state index < -0.39 is 0 Å². The van der Waals surface area contributed by atoms with Gasteiger partial charge in [0.25, 0.3) is 0 Å². The van der Waals surface area contributed by atoms with Crippen LogP contribution < -0.4 is 0 Å². The highest BCUT2D eigenvalue weighted by Gasteiger charge is 2.17. The SMILES string of the molecule is c1ccc(-c2ccc(-c3cc(-c4cccc(-c5ccc6c(c5)nc(-c5ccccc5)c5cccc(-c7ccccc7)c56)c4)nc(-c4ccc(-c5ccccc5)cc4)n3)cc2)cc1. The maximum Gasteiger partial charge on any atom is 0.160 e. The molecule has 0 bridgehead atoms. The molecule has 0 amide bonds. The van der Waals surface area contributed by atoms with Crippen molar-refractivity contribution in [3.05, 3.63) is 237 Å². The Kier molecular flexibility index (Phi) is 9.53. The molecule has 3 heteroatoms. The van der Waals surface area contributed by atoms with Crippen LogP contribution in [-0.4, -0.2) is 15.0 Å². The third kappa shape index (κ3) is 7.12. The van der Waals surface area contributed by atoms with Crippen LogP contribution in [0.3, 0.4) is 0 Å². The number of hydrogen-bond donors (Lipinski definition) is 0. The van der Waals surface area contributed by atoms with E-state index in [1.165, 1.54) is 27.6 Å². The second-order valence-corrected chi connectivity index (χ2v) is 15.6. The summed E-state index contributed by atoms with van der Waals surface area (Å²) in [4.78, 5) is 15.8. The van der Waals surface area contributed by atoms with Crippen LogP contribution in [0.15, 0.2) is 237 Å². The number of rotatable bonds is 8. The molecular formula is C59H39N3. The summed E-state index contributed by atoms with van der Waals surface area (Å²) < 4.78 is 0. The van der Waals surface area contributed by atoms with Gasteiger partial charge in [0.1, 0.15) is 0 Å². The molecule has 2 heterocycles. The van der Waals surface area contributed by atoms with Gasteiger partial charge < -0.3 is 0 Å². The largest absolute Gasteiger partial charge is 0.247 e. The Bertz CT molecular complexity index is 3250. The lowest BCUT2D eigenvalue weighted by molar-refractivity contribution is 1.18. The van der Waals surface area contributed by atoms with Crippen molar-refractivity contribution in [2.24, 2.45) is 0 Å². The molecule has 11 aromatic rings. The Labute approximate surface area is 361 Å². The van der Waals surface area contributed by atoms with E-state index in [2.05, 4.69) is 224 Å². The van der Waals surface area contributed by atoms with E-state index in [4.69, 9.17) is 15.0 Å². The van der Waals surface area contributed by atoms with Gasteiger partial charge in [-0.25, -0.2) is 15.0 Å². The van der Waals surface area contributed by atoms with Gasteiger partial charge in [-0.05, 0) is 62.7 Å².